The zero-order valence-corrected chi connectivity index (χ0v) is 17.4. The van der Waals surface area contributed by atoms with E-state index >= 15 is 0 Å². The Labute approximate surface area is 175 Å². The van der Waals surface area contributed by atoms with Gasteiger partial charge >= 0.3 is 6.18 Å². The fraction of sp³-hybridized carbons (Fsp3) is 0.368. The Morgan fingerprint density at radius 3 is 2.45 bits per heavy atom. The first-order valence-corrected chi connectivity index (χ1v) is 10.3. The highest BCUT2D eigenvalue weighted by Crippen LogP contribution is 2.34. The van der Waals surface area contributed by atoms with E-state index in [1.807, 2.05) is 18.4 Å². The molecule has 2 aromatic rings. The number of piperazine rings is 1. The Morgan fingerprint density at radius 2 is 1.90 bits per heavy atom. The van der Waals surface area contributed by atoms with E-state index in [0.29, 0.717) is 37.5 Å². The summed E-state index contributed by atoms with van der Waals surface area (Å²) in [6.07, 6.45) is -1.78. The number of rotatable bonds is 4. The van der Waals surface area contributed by atoms with Crippen molar-refractivity contribution in [2.24, 2.45) is 0 Å². The summed E-state index contributed by atoms with van der Waals surface area (Å²) in [5.41, 5.74) is -0.412. The molecule has 0 atom stereocenters. The van der Waals surface area contributed by atoms with Gasteiger partial charge in [-0.1, -0.05) is 11.6 Å². The van der Waals surface area contributed by atoms with Crippen LogP contribution in [0.4, 0.5) is 19.0 Å². The molecule has 10 heteroatoms. The summed E-state index contributed by atoms with van der Waals surface area (Å²) in [5.74, 6) is 0.644. The summed E-state index contributed by atoms with van der Waals surface area (Å²) >= 11 is 7.58. The fourth-order valence-corrected chi connectivity index (χ4v) is 3.80. The maximum absolute atomic E-state index is 12.9. The third-order valence-corrected chi connectivity index (χ3v) is 5.66. The molecule has 1 amide bonds. The first-order valence-electron chi connectivity index (χ1n) is 8.73. The van der Waals surface area contributed by atoms with Crippen molar-refractivity contribution in [1.29, 1.82) is 0 Å². The molecule has 156 valence electrons. The second-order valence-corrected chi connectivity index (χ2v) is 7.66. The van der Waals surface area contributed by atoms with Gasteiger partial charge in [0.2, 0.25) is 0 Å². The van der Waals surface area contributed by atoms with E-state index in [1.165, 1.54) is 7.11 Å². The Morgan fingerprint density at radius 1 is 1.21 bits per heavy atom. The van der Waals surface area contributed by atoms with Gasteiger partial charge in [0.25, 0.3) is 5.91 Å². The molecule has 1 fully saturated rings. The molecular weight excluding hydrogens is 427 g/mol. The summed E-state index contributed by atoms with van der Waals surface area (Å²) in [7, 11) is 1.52. The molecule has 0 unspecified atom stereocenters. The number of hydrogen-bond donors (Lipinski definition) is 0. The minimum Gasteiger partial charge on any atom is -0.496 e. The number of pyridine rings is 1. The maximum atomic E-state index is 12.9. The number of carbonyl (C=O) groups is 1. The van der Waals surface area contributed by atoms with Crippen LogP contribution in [0.3, 0.4) is 0 Å². The summed E-state index contributed by atoms with van der Waals surface area (Å²) in [6.45, 7) is 1.61. The monoisotopic (exact) mass is 445 g/mol. The number of alkyl halides is 3. The van der Waals surface area contributed by atoms with Gasteiger partial charge in [-0.15, -0.1) is 11.8 Å². The lowest BCUT2D eigenvalue weighted by atomic mass is 10.1. The lowest BCUT2D eigenvalue weighted by molar-refractivity contribution is -0.137. The average molecular weight is 446 g/mol. The van der Waals surface area contributed by atoms with Gasteiger partial charge in [-0.3, -0.25) is 4.79 Å². The first kappa shape index (κ1) is 21.6. The molecule has 1 aromatic heterocycles. The molecule has 1 aromatic carbocycles. The number of benzene rings is 1. The molecule has 1 saturated heterocycles. The summed E-state index contributed by atoms with van der Waals surface area (Å²) in [6, 6.07) is 6.30. The molecule has 2 heterocycles. The van der Waals surface area contributed by atoms with E-state index in [-0.39, 0.29) is 16.7 Å². The topological polar surface area (TPSA) is 45.7 Å². The summed E-state index contributed by atoms with van der Waals surface area (Å²) in [4.78, 5) is 21.2. The Hall–Kier alpha value is -2.13. The zero-order valence-electron chi connectivity index (χ0n) is 15.8. The molecular formula is C19H19ClF3N3O2S. The van der Waals surface area contributed by atoms with Crippen molar-refractivity contribution in [3.8, 4) is 5.75 Å². The molecule has 3 rings (SSSR count). The van der Waals surface area contributed by atoms with Crippen molar-refractivity contribution < 1.29 is 22.7 Å². The van der Waals surface area contributed by atoms with Crippen molar-refractivity contribution in [3.63, 3.8) is 0 Å². The van der Waals surface area contributed by atoms with Gasteiger partial charge in [-0.25, -0.2) is 4.98 Å². The first-order chi connectivity index (χ1) is 13.7. The van der Waals surface area contributed by atoms with E-state index < -0.39 is 11.7 Å². The van der Waals surface area contributed by atoms with Gasteiger partial charge < -0.3 is 14.5 Å². The maximum Gasteiger partial charge on any atom is 0.417 e. The second kappa shape index (κ2) is 8.71. The molecule has 5 nitrogen and oxygen atoms in total. The van der Waals surface area contributed by atoms with Crippen LogP contribution in [0.25, 0.3) is 0 Å². The molecule has 0 aliphatic carbocycles. The Kier molecular flexibility index (Phi) is 6.48. The average Bonchev–Trinajstić information content (AvgIpc) is 2.72. The zero-order chi connectivity index (χ0) is 21.2. The van der Waals surface area contributed by atoms with Gasteiger partial charge in [0.1, 0.15) is 11.6 Å². The van der Waals surface area contributed by atoms with Gasteiger partial charge in [-0.2, -0.15) is 13.2 Å². The molecule has 29 heavy (non-hydrogen) atoms. The van der Waals surface area contributed by atoms with Crippen LogP contribution in [0.2, 0.25) is 5.02 Å². The molecule has 1 aliphatic rings. The van der Waals surface area contributed by atoms with Gasteiger partial charge in [0.15, 0.2) is 0 Å². The van der Waals surface area contributed by atoms with E-state index in [0.717, 1.165) is 17.2 Å². The van der Waals surface area contributed by atoms with Crippen LogP contribution >= 0.6 is 23.4 Å². The number of thioether (sulfide) groups is 1. The van der Waals surface area contributed by atoms with Crippen molar-refractivity contribution in [3.05, 3.63) is 46.6 Å². The smallest absolute Gasteiger partial charge is 0.417 e. The van der Waals surface area contributed by atoms with E-state index in [4.69, 9.17) is 16.3 Å². The Bertz CT molecular complexity index is 903. The van der Waals surface area contributed by atoms with E-state index in [9.17, 15) is 18.0 Å². The number of carbonyl (C=O) groups excluding carboxylic acids is 1. The largest absolute Gasteiger partial charge is 0.496 e. The van der Waals surface area contributed by atoms with Crippen LogP contribution in [-0.4, -0.2) is 55.3 Å². The molecule has 0 N–H and O–H groups in total. The van der Waals surface area contributed by atoms with Crippen LogP contribution < -0.4 is 9.64 Å². The van der Waals surface area contributed by atoms with Crippen molar-refractivity contribution in [2.75, 3.05) is 44.4 Å². The number of halogens is 4. The standard InChI is InChI=1S/C19H19ClF3N3O2S/c1-28-16-10-13(29-2)3-4-14(16)18(27)26-7-5-25(6-8-26)17-15(20)9-12(11-24-17)19(21,22)23/h3-4,9-11H,5-8H2,1-2H3. The van der Waals surface area contributed by atoms with Crippen LogP contribution in [0, 0.1) is 0 Å². The van der Waals surface area contributed by atoms with Crippen LogP contribution in [0.5, 0.6) is 5.75 Å². The Balaban J connectivity index is 1.70. The number of hydrogen-bond acceptors (Lipinski definition) is 5. The van der Waals surface area contributed by atoms with Crippen molar-refractivity contribution >= 4 is 35.1 Å². The van der Waals surface area contributed by atoms with Crippen LogP contribution in [0.15, 0.2) is 35.4 Å². The SMILES string of the molecule is COc1cc(SC)ccc1C(=O)N1CCN(c2ncc(C(F)(F)F)cc2Cl)CC1. The van der Waals surface area contributed by atoms with Crippen LogP contribution in [0.1, 0.15) is 15.9 Å². The number of anilines is 1. The number of ether oxygens (including phenoxy) is 1. The summed E-state index contributed by atoms with van der Waals surface area (Å²) < 4.78 is 43.7. The third kappa shape index (κ3) is 4.72. The molecule has 1 aliphatic heterocycles. The molecule has 0 spiro atoms. The molecule has 0 saturated carbocycles. The fourth-order valence-electron chi connectivity index (χ4n) is 3.09. The third-order valence-electron chi connectivity index (χ3n) is 4.65. The lowest BCUT2D eigenvalue weighted by Gasteiger charge is -2.36. The lowest BCUT2D eigenvalue weighted by Crippen LogP contribution is -2.49. The van der Waals surface area contributed by atoms with Gasteiger partial charge in [-0.05, 0) is 30.5 Å². The predicted molar refractivity (Wildman–Crippen MR) is 107 cm³/mol. The predicted octanol–water partition coefficient (Wildman–Crippen LogP) is 4.45. The summed E-state index contributed by atoms with van der Waals surface area (Å²) in [5, 5.41) is -0.0612. The molecule has 0 bridgehead atoms. The molecule has 0 radical (unpaired) electrons. The van der Waals surface area contributed by atoms with E-state index in [2.05, 4.69) is 4.98 Å². The quantitative estimate of drug-likeness (QED) is 0.651. The highest BCUT2D eigenvalue weighted by Gasteiger charge is 2.32. The van der Waals surface area contributed by atoms with Crippen molar-refractivity contribution in [1.82, 2.24) is 9.88 Å². The van der Waals surface area contributed by atoms with E-state index in [1.54, 1.807) is 27.6 Å². The minimum atomic E-state index is -4.49. The minimum absolute atomic E-state index is 0.0612. The normalized spacial score (nSPS) is 14.8. The van der Waals surface area contributed by atoms with Gasteiger partial charge in [0, 0.05) is 37.3 Å². The highest BCUT2D eigenvalue weighted by molar-refractivity contribution is 7.98. The number of methoxy groups -OCH3 is 1. The van der Waals surface area contributed by atoms with Crippen LogP contribution in [-0.2, 0) is 6.18 Å². The highest BCUT2D eigenvalue weighted by atomic mass is 35.5. The number of nitrogens with zero attached hydrogens (tertiary/aromatic N) is 3. The van der Waals surface area contributed by atoms with Gasteiger partial charge in [0.05, 0.1) is 23.3 Å². The number of amides is 1. The number of aromatic nitrogens is 1. The second-order valence-electron chi connectivity index (χ2n) is 6.37. The van der Waals surface area contributed by atoms with Crippen molar-refractivity contribution in [2.45, 2.75) is 11.1 Å².